The van der Waals surface area contributed by atoms with Crippen molar-refractivity contribution in [2.45, 2.75) is 43.3 Å². The van der Waals surface area contributed by atoms with Gasteiger partial charge in [0.1, 0.15) is 0 Å². The third kappa shape index (κ3) is 4.21. The van der Waals surface area contributed by atoms with Gasteiger partial charge in [-0.1, -0.05) is 53.2 Å². The Hall–Kier alpha value is -1.82. The van der Waals surface area contributed by atoms with Gasteiger partial charge in [-0.25, -0.2) is 4.98 Å². The van der Waals surface area contributed by atoms with Crippen molar-refractivity contribution in [1.29, 1.82) is 0 Å². The van der Waals surface area contributed by atoms with Gasteiger partial charge < -0.3 is 4.74 Å². The summed E-state index contributed by atoms with van der Waals surface area (Å²) in [6.07, 6.45) is 2.10. The maximum Gasteiger partial charge on any atom is 0.262 e. The predicted molar refractivity (Wildman–Crippen MR) is 111 cm³/mol. The van der Waals surface area contributed by atoms with Crippen LogP contribution in [0.2, 0.25) is 5.02 Å². The smallest absolute Gasteiger partial charge is 0.262 e. The van der Waals surface area contributed by atoms with Gasteiger partial charge in [-0.15, -0.1) is 0 Å². The van der Waals surface area contributed by atoms with Crippen LogP contribution in [-0.2, 0) is 17.0 Å². The number of halogens is 1. The van der Waals surface area contributed by atoms with E-state index in [1.165, 1.54) is 11.1 Å². The Balaban J connectivity index is 1.70. The van der Waals surface area contributed by atoms with E-state index >= 15 is 0 Å². The number of aryl methyl sites for hydroxylation is 1. The lowest BCUT2D eigenvalue weighted by Crippen LogP contribution is -2.28. The molecule has 1 aliphatic rings. The molecule has 0 aliphatic carbocycles. The quantitative estimate of drug-likeness (QED) is 0.454. The summed E-state index contributed by atoms with van der Waals surface area (Å²) in [7, 11) is 0. The average Bonchev–Trinajstić information content (AvgIpc) is 3.17. The molecule has 0 radical (unpaired) electrons. The molecule has 6 heteroatoms. The minimum Gasteiger partial charge on any atom is -0.376 e. The average molecular weight is 401 g/mol. The maximum atomic E-state index is 13.1. The minimum absolute atomic E-state index is 0.0291. The molecule has 0 unspecified atom stereocenters. The van der Waals surface area contributed by atoms with Gasteiger partial charge in [0.05, 0.1) is 23.6 Å². The summed E-state index contributed by atoms with van der Waals surface area (Å²) in [6, 6.07) is 13.7. The molecule has 140 valence electrons. The second-order valence-corrected chi connectivity index (χ2v) is 8.26. The monoisotopic (exact) mass is 400 g/mol. The van der Waals surface area contributed by atoms with Crippen molar-refractivity contribution >= 4 is 34.3 Å². The number of thioether (sulfide) groups is 1. The highest BCUT2D eigenvalue weighted by atomic mass is 35.5. The summed E-state index contributed by atoms with van der Waals surface area (Å²) in [5.74, 6) is 0.754. The normalized spacial score (nSPS) is 16.9. The van der Waals surface area contributed by atoms with E-state index in [9.17, 15) is 4.79 Å². The second-order valence-electron chi connectivity index (χ2n) is 6.88. The van der Waals surface area contributed by atoms with Crippen molar-refractivity contribution in [2.75, 3.05) is 6.61 Å². The van der Waals surface area contributed by atoms with Crippen LogP contribution in [0.5, 0.6) is 0 Å². The Morgan fingerprint density at radius 2 is 2.07 bits per heavy atom. The Bertz CT molecular complexity index is 1010. The summed E-state index contributed by atoms with van der Waals surface area (Å²) in [5.41, 5.74) is 3.05. The van der Waals surface area contributed by atoms with Crippen molar-refractivity contribution in [1.82, 2.24) is 9.55 Å². The van der Waals surface area contributed by atoms with Crippen LogP contribution in [0.1, 0.15) is 24.0 Å². The summed E-state index contributed by atoms with van der Waals surface area (Å²) >= 11 is 7.69. The molecule has 0 N–H and O–H groups in total. The summed E-state index contributed by atoms with van der Waals surface area (Å²) < 4.78 is 7.53. The van der Waals surface area contributed by atoms with E-state index in [1.54, 1.807) is 34.5 Å². The zero-order valence-electron chi connectivity index (χ0n) is 15.2. The fourth-order valence-electron chi connectivity index (χ4n) is 3.27. The van der Waals surface area contributed by atoms with E-state index in [2.05, 4.69) is 31.2 Å². The molecule has 27 heavy (non-hydrogen) atoms. The molecule has 0 spiro atoms. The first-order valence-corrected chi connectivity index (χ1v) is 10.5. The van der Waals surface area contributed by atoms with Gasteiger partial charge in [0.2, 0.25) is 0 Å². The lowest BCUT2D eigenvalue weighted by Gasteiger charge is -2.16. The van der Waals surface area contributed by atoms with Crippen molar-refractivity contribution in [2.24, 2.45) is 0 Å². The number of hydrogen-bond donors (Lipinski definition) is 0. The molecule has 2 heterocycles. The van der Waals surface area contributed by atoms with E-state index < -0.39 is 0 Å². The van der Waals surface area contributed by atoms with E-state index in [0.29, 0.717) is 27.6 Å². The Morgan fingerprint density at radius 3 is 2.81 bits per heavy atom. The zero-order valence-corrected chi connectivity index (χ0v) is 16.7. The van der Waals surface area contributed by atoms with Gasteiger partial charge in [-0.05, 0) is 43.5 Å². The summed E-state index contributed by atoms with van der Waals surface area (Å²) in [4.78, 5) is 17.9. The van der Waals surface area contributed by atoms with Gasteiger partial charge in [0, 0.05) is 17.4 Å². The van der Waals surface area contributed by atoms with E-state index in [4.69, 9.17) is 21.3 Å². The topological polar surface area (TPSA) is 44.1 Å². The highest BCUT2D eigenvalue weighted by molar-refractivity contribution is 7.98. The second kappa shape index (κ2) is 8.05. The molecule has 1 aliphatic heterocycles. The summed E-state index contributed by atoms with van der Waals surface area (Å²) in [6.45, 7) is 3.38. The van der Waals surface area contributed by atoms with Crippen LogP contribution in [0.3, 0.4) is 0 Å². The van der Waals surface area contributed by atoms with Crippen LogP contribution in [0.25, 0.3) is 10.9 Å². The lowest BCUT2D eigenvalue weighted by atomic mass is 10.2. The van der Waals surface area contributed by atoms with Crippen LogP contribution < -0.4 is 5.56 Å². The first-order valence-electron chi connectivity index (χ1n) is 9.10. The van der Waals surface area contributed by atoms with Crippen LogP contribution in [0.4, 0.5) is 0 Å². The third-order valence-corrected chi connectivity index (χ3v) is 6.06. The SMILES string of the molecule is Cc1ccc(CSc2nc3cc(Cl)ccc3c(=O)n2C[C@H]2CCCO2)cc1. The number of aromatic nitrogens is 2. The van der Waals surface area contributed by atoms with Crippen LogP contribution >= 0.6 is 23.4 Å². The largest absolute Gasteiger partial charge is 0.376 e. The van der Waals surface area contributed by atoms with E-state index in [-0.39, 0.29) is 11.7 Å². The Morgan fingerprint density at radius 1 is 1.26 bits per heavy atom. The predicted octanol–water partition coefficient (Wildman–Crippen LogP) is 4.83. The number of rotatable bonds is 5. The molecule has 4 rings (SSSR count). The highest BCUT2D eigenvalue weighted by Gasteiger charge is 2.20. The molecule has 1 fully saturated rings. The van der Waals surface area contributed by atoms with Crippen molar-refractivity contribution in [3.05, 3.63) is 69.0 Å². The lowest BCUT2D eigenvalue weighted by molar-refractivity contribution is 0.0937. The molecular weight excluding hydrogens is 380 g/mol. The van der Waals surface area contributed by atoms with Crippen molar-refractivity contribution < 1.29 is 4.74 Å². The van der Waals surface area contributed by atoms with Crippen molar-refractivity contribution in [3.63, 3.8) is 0 Å². The fourth-order valence-corrected chi connectivity index (χ4v) is 4.40. The fraction of sp³-hybridized carbons (Fsp3) is 0.333. The van der Waals surface area contributed by atoms with Gasteiger partial charge in [-0.2, -0.15) is 0 Å². The van der Waals surface area contributed by atoms with E-state index in [1.807, 2.05) is 0 Å². The number of nitrogens with zero attached hydrogens (tertiary/aromatic N) is 2. The molecule has 1 saturated heterocycles. The van der Waals surface area contributed by atoms with Gasteiger partial charge in [0.15, 0.2) is 5.16 Å². The molecule has 0 amide bonds. The molecular formula is C21H21ClN2O2S. The van der Waals surface area contributed by atoms with Gasteiger partial charge >= 0.3 is 0 Å². The highest BCUT2D eigenvalue weighted by Crippen LogP contribution is 2.25. The molecule has 0 saturated carbocycles. The third-order valence-electron chi connectivity index (χ3n) is 4.78. The van der Waals surface area contributed by atoms with E-state index in [0.717, 1.165) is 25.2 Å². The number of benzene rings is 2. The van der Waals surface area contributed by atoms with Crippen LogP contribution in [0.15, 0.2) is 52.4 Å². The molecule has 1 aromatic heterocycles. The number of fused-ring (bicyclic) bond motifs is 1. The Labute approximate surface area is 167 Å². The molecule has 2 aromatic carbocycles. The van der Waals surface area contributed by atoms with Crippen LogP contribution in [-0.4, -0.2) is 22.3 Å². The number of hydrogen-bond acceptors (Lipinski definition) is 4. The molecule has 1 atom stereocenters. The summed E-state index contributed by atoms with van der Waals surface area (Å²) in [5, 5.41) is 1.89. The first kappa shape index (κ1) is 18.5. The zero-order chi connectivity index (χ0) is 18.8. The number of ether oxygens (including phenoxy) is 1. The molecule has 0 bridgehead atoms. The standard InChI is InChI=1S/C21H21ClN2O2S/c1-14-4-6-15(7-5-14)13-27-21-23-19-11-16(22)8-9-18(19)20(25)24(21)12-17-3-2-10-26-17/h4-9,11,17H,2-3,10,12-13H2,1H3/t17-/m1/s1. The maximum absolute atomic E-state index is 13.1. The molecule has 4 nitrogen and oxygen atoms in total. The van der Waals surface area contributed by atoms with Gasteiger partial charge in [-0.3, -0.25) is 9.36 Å². The minimum atomic E-state index is -0.0291. The van der Waals surface area contributed by atoms with Crippen molar-refractivity contribution in [3.8, 4) is 0 Å². The Kier molecular flexibility index (Phi) is 5.53. The van der Waals surface area contributed by atoms with Gasteiger partial charge in [0.25, 0.3) is 5.56 Å². The van der Waals surface area contributed by atoms with Crippen LogP contribution in [0, 0.1) is 6.92 Å². The molecule has 3 aromatic rings. The first-order chi connectivity index (χ1) is 13.1.